The second-order valence-electron chi connectivity index (χ2n) is 11.1. The van der Waals surface area contributed by atoms with E-state index in [0.29, 0.717) is 0 Å². The monoisotopic (exact) mass is 518 g/mol. The molecule has 0 bridgehead atoms. The number of halogens is 1. The Morgan fingerprint density at radius 3 is 2.58 bits per heavy atom. The van der Waals surface area contributed by atoms with Crippen molar-refractivity contribution in [3.8, 4) is 16.9 Å². The van der Waals surface area contributed by atoms with Gasteiger partial charge in [0.25, 0.3) is 0 Å². The van der Waals surface area contributed by atoms with Crippen molar-refractivity contribution in [1.29, 1.82) is 0 Å². The summed E-state index contributed by atoms with van der Waals surface area (Å²) < 4.78 is 27.7. The lowest BCUT2D eigenvalue weighted by molar-refractivity contribution is 0.00996. The van der Waals surface area contributed by atoms with Gasteiger partial charge >= 0.3 is 0 Å². The molecule has 200 valence electrons. The number of hydrogen-bond donors (Lipinski definition) is 1. The molecule has 0 radical (unpaired) electrons. The number of methoxy groups -OCH3 is 1. The number of fused-ring (bicyclic) bond motifs is 1. The van der Waals surface area contributed by atoms with Crippen LogP contribution in [0.25, 0.3) is 22.2 Å². The molecule has 1 N–H and O–H groups in total. The minimum Gasteiger partial charge on any atom is -0.494 e. The third-order valence-electron chi connectivity index (χ3n) is 8.45. The molecule has 8 heteroatoms. The molecule has 0 amide bonds. The average molecular weight is 519 g/mol. The van der Waals surface area contributed by atoms with E-state index in [1.54, 1.807) is 12.1 Å². The Hall–Kier alpha value is -3.39. The first kappa shape index (κ1) is 24.9. The third kappa shape index (κ3) is 4.25. The van der Waals surface area contributed by atoms with Crippen LogP contribution < -0.4 is 9.64 Å². The maximum absolute atomic E-state index is 14.7. The number of benzene rings is 2. The molecule has 1 saturated heterocycles. The number of anilines is 1. The van der Waals surface area contributed by atoms with Crippen LogP contribution in [0.3, 0.4) is 0 Å². The topological polar surface area (TPSA) is 76.5 Å². The molecule has 2 aromatic heterocycles. The molecule has 2 aliphatic rings. The summed E-state index contributed by atoms with van der Waals surface area (Å²) in [6.45, 7) is 6.66. The summed E-state index contributed by atoms with van der Waals surface area (Å²) in [5.41, 5.74) is 5.15. The van der Waals surface area contributed by atoms with Crippen molar-refractivity contribution in [2.45, 2.75) is 77.0 Å². The summed E-state index contributed by atoms with van der Waals surface area (Å²) in [6.07, 6.45) is 5.24. The van der Waals surface area contributed by atoms with Crippen LogP contribution in [-0.2, 0) is 0 Å². The number of aromatic nitrogens is 3. The molecule has 2 fully saturated rings. The Bertz CT molecular complexity index is 1460. The van der Waals surface area contributed by atoms with E-state index >= 15 is 0 Å². The second-order valence-corrected chi connectivity index (χ2v) is 11.1. The highest BCUT2D eigenvalue weighted by molar-refractivity contribution is 5.84. The normalized spacial score (nSPS) is 23.9. The zero-order chi connectivity index (χ0) is 26.6. The van der Waals surface area contributed by atoms with Crippen LogP contribution in [0.4, 0.5) is 10.1 Å². The summed E-state index contributed by atoms with van der Waals surface area (Å²) >= 11 is 0. The highest BCUT2D eigenvalue weighted by Gasteiger charge is 2.36. The number of ether oxygens (including phenoxy) is 1. The molecular formula is C30H35FN4O3. The Labute approximate surface area is 222 Å². The first-order chi connectivity index (χ1) is 18.3. The fraction of sp³-hybridized carbons (Fsp3) is 0.467. The summed E-state index contributed by atoms with van der Waals surface area (Å²) in [5, 5.41) is 14.8. The molecule has 6 rings (SSSR count). The van der Waals surface area contributed by atoms with Crippen LogP contribution in [0.5, 0.6) is 5.75 Å². The first-order valence-corrected chi connectivity index (χ1v) is 13.5. The third-order valence-corrected chi connectivity index (χ3v) is 8.45. The van der Waals surface area contributed by atoms with E-state index in [2.05, 4.69) is 32.8 Å². The van der Waals surface area contributed by atoms with Gasteiger partial charge in [-0.3, -0.25) is 0 Å². The first-order valence-electron chi connectivity index (χ1n) is 13.5. The molecule has 4 aromatic rings. The van der Waals surface area contributed by atoms with Crippen LogP contribution in [0.1, 0.15) is 74.8 Å². The standard InChI is InChI=1S/C30H35FN4O3/c1-18-28(19(2)38-33-18)20-7-9-25-24(16-20)32-29(35(25)21-11-13-30(3,36)14-12-21)26-6-5-15-34(26)22-8-10-27(37-4)23(31)17-22/h7-10,16-17,21,26,36H,5-6,11-15H2,1-4H3/t21-,26-,30+/m0/s1. The van der Waals surface area contributed by atoms with E-state index < -0.39 is 5.60 Å². The maximum Gasteiger partial charge on any atom is 0.167 e. The minimum atomic E-state index is -0.621. The van der Waals surface area contributed by atoms with Crippen LogP contribution in [0.15, 0.2) is 40.9 Å². The van der Waals surface area contributed by atoms with E-state index in [0.717, 1.165) is 90.2 Å². The lowest BCUT2D eigenvalue weighted by Gasteiger charge is -2.36. The lowest BCUT2D eigenvalue weighted by Crippen LogP contribution is -2.33. The van der Waals surface area contributed by atoms with Crippen molar-refractivity contribution in [3.05, 3.63) is 59.5 Å². The molecule has 7 nitrogen and oxygen atoms in total. The smallest absolute Gasteiger partial charge is 0.167 e. The summed E-state index contributed by atoms with van der Waals surface area (Å²) in [7, 11) is 1.48. The molecule has 1 saturated carbocycles. The van der Waals surface area contributed by atoms with Crippen LogP contribution in [-0.4, -0.2) is 39.1 Å². The number of imidazole rings is 1. The van der Waals surface area contributed by atoms with Crippen molar-refractivity contribution in [2.24, 2.45) is 0 Å². The molecule has 1 aliphatic heterocycles. The zero-order valence-electron chi connectivity index (χ0n) is 22.5. The largest absolute Gasteiger partial charge is 0.494 e. The number of aryl methyl sites for hydroxylation is 2. The van der Waals surface area contributed by atoms with Gasteiger partial charge in [-0.25, -0.2) is 9.37 Å². The summed E-state index contributed by atoms with van der Waals surface area (Å²) in [6, 6.07) is 11.9. The van der Waals surface area contributed by atoms with Crippen LogP contribution in [0.2, 0.25) is 0 Å². The Kier molecular flexibility index (Phi) is 6.17. The number of aliphatic hydroxyl groups is 1. The molecular weight excluding hydrogens is 483 g/mol. The Morgan fingerprint density at radius 2 is 1.89 bits per heavy atom. The van der Waals surface area contributed by atoms with Gasteiger partial charge in [0.2, 0.25) is 0 Å². The number of rotatable bonds is 5. The maximum atomic E-state index is 14.7. The van der Waals surface area contributed by atoms with E-state index in [4.69, 9.17) is 14.2 Å². The molecule has 1 aliphatic carbocycles. The predicted octanol–water partition coefficient (Wildman–Crippen LogP) is 6.66. The van der Waals surface area contributed by atoms with Gasteiger partial charge in [0.15, 0.2) is 11.6 Å². The fourth-order valence-electron chi connectivity index (χ4n) is 6.45. The Morgan fingerprint density at radius 1 is 1.11 bits per heavy atom. The van der Waals surface area contributed by atoms with Crippen molar-refractivity contribution in [1.82, 2.24) is 14.7 Å². The highest BCUT2D eigenvalue weighted by atomic mass is 19.1. The van der Waals surface area contributed by atoms with Gasteiger partial charge in [-0.2, -0.15) is 0 Å². The van der Waals surface area contributed by atoms with E-state index in [-0.39, 0.29) is 23.7 Å². The molecule has 2 aromatic carbocycles. The van der Waals surface area contributed by atoms with E-state index in [1.807, 2.05) is 26.8 Å². The molecule has 0 unspecified atom stereocenters. The van der Waals surface area contributed by atoms with Crippen LogP contribution in [0, 0.1) is 19.7 Å². The SMILES string of the molecule is COc1ccc(N2CCC[C@H]2c2nc3cc(-c4c(C)noc4C)ccc3n2[C@H]2CC[C@@](C)(O)CC2)cc1F. The molecule has 38 heavy (non-hydrogen) atoms. The van der Waals surface area contributed by atoms with Gasteiger partial charge in [-0.1, -0.05) is 11.2 Å². The lowest BCUT2D eigenvalue weighted by atomic mass is 9.83. The molecule has 3 heterocycles. The number of hydrogen-bond acceptors (Lipinski definition) is 6. The number of nitrogens with zero attached hydrogens (tertiary/aromatic N) is 4. The zero-order valence-corrected chi connectivity index (χ0v) is 22.5. The van der Waals surface area contributed by atoms with Crippen molar-refractivity contribution < 1.29 is 18.8 Å². The van der Waals surface area contributed by atoms with Gasteiger partial charge in [0, 0.05) is 29.9 Å². The fourth-order valence-corrected chi connectivity index (χ4v) is 6.45. The van der Waals surface area contributed by atoms with E-state index in [1.165, 1.54) is 7.11 Å². The van der Waals surface area contributed by atoms with Crippen molar-refractivity contribution >= 4 is 16.7 Å². The van der Waals surface area contributed by atoms with Gasteiger partial charge in [0.05, 0.1) is 35.5 Å². The highest BCUT2D eigenvalue weighted by Crippen LogP contribution is 2.43. The minimum absolute atomic E-state index is 0.0279. The van der Waals surface area contributed by atoms with Gasteiger partial charge in [-0.15, -0.1) is 0 Å². The average Bonchev–Trinajstić information content (AvgIpc) is 3.60. The van der Waals surface area contributed by atoms with Crippen molar-refractivity contribution in [2.75, 3.05) is 18.6 Å². The van der Waals surface area contributed by atoms with E-state index in [9.17, 15) is 9.50 Å². The molecule has 0 spiro atoms. The van der Waals surface area contributed by atoms with Crippen molar-refractivity contribution in [3.63, 3.8) is 0 Å². The quantitative estimate of drug-likeness (QED) is 0.318. The predicted molar refractivity (Wildman–Crippen MR) is 145 cm³/mol. The molecule has 1 atom stereocenters. The summed E-state index contributed by atoms with van der Waals surface area (Å²) in [4.78, 5) is 7.53. The van der Waals surface area contributed by atoms with Gasteiger partial charge in [-0.05, 0) is 89.1 Å². The Balaban J connectivity index is 1.46. The van der Waals surface area contributed by atoms with Gasteiger partial charge < -0.3 is 23.8 Å². The summed E-state index contributed by atoms with van der Waals surface area (Å²) in [5.74, 6) is 1.69. The van der Waals surface area contributed by atoms with Crippen LogP contribution >= 0.6 is 0 Å². The van der Waals surface area contributed by atoms with Gasteiger partial charge in [0.1, 0.15) is 11.6 Å². The second kappa shape index (κ2) is 9.42.